The molecular weight excluding hydrogens is 223 g/mol. The molecule has 0 aliphatic heterocycles. The molecule has 0 saturated heterocycles. The fourth-order valence-corrected chi connectivity index (χ4v) is 0.987. The predicted molar refractivity (Wildman–Crippen MR) is 49.8 cm³/mol. The predicted octanol–water partition coefficient (Wildman–Crippen LogP) is 1.55. The molecule has 1 rings (SSSR count). The van der Waals surface area contributed by atoms with Crippen LogP contribution in [0.2, 0.25) is 0 Å². The number of carbonyl (C=O) groups excluding carboxylic acids is 2. The summed E-state index contributed by atoms with van der Waals surface area (Å²) in [5.41, 5.74) is 0.255. The zero-order valence-corrected chi connectivity index (χ0v) is 8.04. The van der Waals surface area contributed by atoms with Crippen LogP contribution >= 0.6 is 0 Å². The first-order valence-electron chi connectivity index (χ1n) is 4.34. The standard InChI is InChI=1S/C10H8F3NO2/c11-10(12,13)9(16)14-6-8(15)7-4-2-1-3-5-7/h1-5H,6H2,(H,14,16). The molecule has 1 aromatic carbocycles. The maximum atomic E-state index is 11.8. The number of ketones is 1. The summed E-state index contributed by atoms with van der Waals surface area (Å²) in [5, 5.41) is 1.51. The lowest BCUT2D eigenvalue weighted by Gasteiger charge is -2.06. The Morgan fingerprint density at radius 1 is 1.12 bits per heavy atom. The molecule has 0 spiro atoms. The van der Waals surface area contributed by atoms with Crippen molar-refractivity contribution in [2.75, 3.05) is 6.54 Å². The number of alkyl halides is 3. The van der Waals surface area contributed by atoms with E-state index in [-0.39, 0.29) is 5.56 Å². The number of hydrogen-bond acceptors (Lipinski definition) is 2. The summed E-state index contributed by atoms with van der Waals surface area (Å²) in [5.74, 6) is -2.69. The Hall–Kier alpha value is -1.85. The first-order valence-corrected chi connectivity index (χ1v) is 4.34. The van der Waals surface area contributed by atoms with Crippen LogP contribution in [0.5, 0.6) is 0 Å². The topological polar surface area (TPSA) is 46.2 Å². The van der Waals surface area contributed by atoms with Gasteiger partial charge in [0.25, 0.3) is 0 Å². The number of rotatable bonds is 3. The van der Waals surface area contributed by atoms with Crippen LogP contribution in [0.4, 0.5) is 13.2 Å². The lowest BCUT2D eigenvalue weighted by Crippen LogP contribution is -2.39. The molecule has 0 heterocycles. The van der Waals surface area contributed by atoms with Crippen molar-refractivity contribution in [2.24, 2.45) is 0 Å². The highest BCUT2D eigenvalue weighted by molar-refractivity contribution is 5.99. The summed E-state index contributed by atoms with van der Waals surface area (Å²) in [4.78, 5) is 21.7. The Labute approximate surface area is 89.3 Å². The van der Waals surface area contributed by atoms with Gasteiger partial charge in [-0.15, -0.1) is 0 Å². The number of benzene rings is 1. The van der Waals surface area contributed by atoms with E-state index in [1.54, 1.807) is 18.2 Å². The van der Waals surface area contributed by atoms with E-state index in [9.17, 15) is 22.8 Å². The number of halogens is 3. The summed E-state index contributed by atoms with van der Waals surface area (Å²) in [6.07, 6.45) is -4.96. The molecule has 1 amide bonds. The van der Waals surface area contributed by atoms with E-state index in [1.807, 2.05) is 0 Å². The highest BCUT2D eigenvalue weighted by Gasteiger charge is 2.38. The summed E-state index contributed by atoms with van der Waals surface area (Å²) >= 11 is 0. The largest absolute Gasteiger partial charge is 0.471 e. The van der Waals surface area contributed by atoms with Crippen LogP contribution in [-0.4, -0.2) is 24.4 Å². The minimum atomic E-state index is -4.96. The summed E-state index contributed by atoms with van der Waals surface area (Å²) in [6, 6.07) is 7.76. The SMILES string of the molecule is O=C(CNC(=O)C(F)(F)F)c1ccccc1. The molecule has 0 bridgehead atoms. The van der Waals surface area contributed by atoms with E-state index in [1.165, 1.54) is 17.4 Å². The third kappa shape index (κ3) is 3.38. The monoisotopic (exact) mass is 231 g/mol. The Bertz CT molecular complexity index is 387. The Morgan fingerprint density at radius 2 is 1.69 bits per heavy atom. The van der Waals surface area contributed by atoms with E-state index in [4.69, 9.17) is 0 Å². The van der Waals surface area contributed by atoms with Gasteiger partial charge >= 0.3 is 12.1 Å². The summed E-state index contributed by atoms with van der Waals surface area (Å²) < 4.78 is 35.3. The average Bonchev–Trinajstić information content (AvgIpc) is 2.25. The first kappa shape index (κ1) is 12.2. The minimum Gasteiger partial charge on any atom is -0.341 e. The zero-order valence-electron chi connectivity index (χ0n) is 8.04. The molecule has 0 saturated carbocycles. The van der Waals surface area contributed by atoms with E-state index >= 15 is 0 Å². The molecule has 0 radical (unpaired) electrons. The lowest BCUT2D eigenvalue weighted by molar-refractivity contribution is -0.173. The van der Waals surface area contributed by atoms with E-state index in [0.717, 1.165) is 0 Å². The van der Waals surface area contributed by atoms with Gasteiger partial charge in [0.2, 0.25) is 0 Å². The van der Waals surface area contributed by atoms with Crippen LogP contribution in [0.25, 0.3) is 0 Å². The molecule has 0 fully saturated rings. The number of carbonyl (C=O) groups is 2. The van der Waals surface area contributed by atoms with Gasteiger partial charge in [-0.3, -0.25) is 9.59 Å². The highest BCUT2D eigenvalue weighted by atomic mass is 19.4. The van der Waals surface area contributed by atoms with Crippen LogP contribution in [0.3, 0.4) is 0 Å². The maximum absolute atomic E-state index is 11.8. The van der Waals surface area contributed by atoms with E-state index < -0.39 is 24.4 Å². The van der Waals surface area contributed by atoms with Crippen molar-refractivity contribution in [3.8, 4) is 0 Å². The van der Waals surface area contributed by atoms with Gasteiger partial charge in [0.05, 0.1) is 6.54 Å². The molecule has 6 heteroatoms. The van der Waals surface area contributed by atoms with Gasteiger partial charge < -0.3 is 5.32 Å². The number of amides is 1. The van der Waals surface area contributed by atoms with Gasteiger partial charge in [0.1, 0.15) is 0 Å². The van der Waals surface area contributed by atoms with Gasteiger partial charge in [0.15, 0.2) is 5.78 Å². The molecular formula is C10H8F3NO2. The van der Waals surface area contributed by atoms with Gasteiger partial charge in [-0.25, -0.2) is 0 Å². The molecule has 1 N–H and O–H groups in total. The van der Waals surface area contributed by atoms with Gasteiger partial charge in [-0.05, 0) is 0 Å². The van der Waals surface area contributed by atoms with Crippen LogP contribution in [-0.2, 0) is 4.79 Å². The smallest absolute Gasteiger partial charge is 0.341 e. The third-order valence-electron chi connectivity index (χ3n) is 1.76. The Kier molecular flexibility index (Phi) is 3.65. The fraction of sp³-hybridized carbons (Fsp3) is 0.200. The van der Waals surface area contributed by atoms with Crippen molar-refractivity contribution < 1.29 is 22.8 Å². The van der Waals surface area contributed by atoms with Crippen molar-refractivity contribution in [1.29, 1.82) is 0 Å². The number of nitrogens with one attached hydrogen (secondary N) is 1. The molecule has 3 nitrogen and oxygen atoms in total. The molecule has 0 atom stereocenters. The lowest BCUT2D eigenvalue weighted by atomic mass is 10.1. The Morgan fingerprint density at radius 3 is 2.19 bits per heavy atom. The van der Waals surface area contributed by atoms with Crippen LogP contribution in [0.1, 0.15) is 10.4 Å². The quantitative estimate of drug-likeness (QED) is 0.802. The molecule has 1 aromatic rings. The number of hydrogen-bond donors (Lipinski definition) is 1. The van der Waals surface area contributed by atoms with E-state index in [0.29, 0.717) is 0 Å². The van der Waals surface area contributed by atoms with Crippen molar-refractivity contribution >= 4 is 11.7 Å². The highest BCUT2D eigenvalue weighted by Crippen LogP contribution is 2.13. The van der Waals surface area contributed by atoms with Crippen molar-refractivity contribution in [1.82, 2.24) is 5.32 Å². The van der Waals surface area contributed by atoms with Crippen LogP contribution in [0.15, 0.2) is 30.3 Å². The van der Waals surface area contributed by atoms with Gasteiger partial charge in [-0.2, -0.15) is 13.2 Å². The first-order chi connectivity index (χ1) is 7.41. The molecule has 16 heavy (non-hydrogen) atoms. The van der Waals surface area contributed by atoms with Gasteiger partial charge in [-0.1, -0.05) is 30.3 Å². The summed E-state index contributed by atoms with van der Waals surface area (Å²) in [7, 11) is 0. The molecule has 0 aromatic heterocycles. The second kappa shape index (κ2) is 4.78. The average molecular weight is 231 g/mol. The van der Waals surface area contributed by atoms with Crippen molar-refractivity contribution in [2.45, 2.75) is 6.18 Å². The van der Waals surface area contributed by atoms with Crippen LogP contribution in [0, 0.1) is 0 Å². The second-order valence-electron chi connectivity index (χ2n) is 2.97. The fourth-order valence-electron chi connectivity index (χ4n) is 0.987. The number of Topliss-reactive ketones (excluding diaryl/α,β-unsaturated/α-hetero) is 1. The molecule has 0 aliphatic carbocycles. The van der Waals surface area contributed by atoms with E-state index in [2.05, 4.69) is 0 Å². The summed E-state index contributed by atoms with van der Waals surface area (Å²) in [6.45, 7) is -0.664. The molecule has 86 valence electrons. The third-order valence-corrected chi connectivity index (χ3v) is 1.76. The van der Waals surface area contributed by atoms with Gasteiger partial charge in [0, 0.05) is 5.56 Å². The Balaban J connectivity index is 2.52. The zero-order chi connectivity index (χ0) is 12.2. The normalized spacial score (nSPS) is 10.9. The van der Waals surface area contributed by atoms with Crippen molar-refractivity contribution in [3.05, 3.63) is 35.9 Å². The minimum absolute atomic E-state index is 0.255. The van der Waals surface area contributed by atoms with Crippen LogP contribution < -0.4 is 5.32 Å². The van der Waals surface area contributed by atoms with Crippen molar-refractivity contribution in [3.63, 3.8) is 0 Å². The molecule has 0 unspecified atom stereocenters. The maximum Gasteiger partial charge on any atom is 0.471 e. The molecule has 0 aliphatic rings. The second-order valence-corrected chi connectivity index (χ2v) is 2.97.